The average Bonchev–Trinajstić information content (AvgIpc) is 3.49. The summed E-state index contributed by atoms with van der Waals surface area (Å²) in [7, 11) is 3.23. The number of carbonyl (C=O) groups is 1. The van der Waals surface area contributed by atoms with Crippen molar-refractivity contribution in [1.29, 1.82) is 0 Å². The Hall–Kier alpha value is -3.83. The molecule has 1 aliphatic heterocycles. The molecule has 3 aromatic rings. The van der Waals surface area contributed by atoms with E-state index in [0.717, 1.165) is 16.3 Å². The number of rotatable bonds is 5. The Bertz CT molecular complexity index is 1270. The third-order valence-electron chi connectivity index (χ3n) is 6.13. The van der Waals surface area contributed by atoms with Crippen LogP contribution in [0.3, 0.4) is 0 Å². The number of amides is 1. The van der Waals surface area contributed by atoms with E-state index in [9.17, 15) is 18.0 Å². The number of hydrogen-bond donors (Lipinski definition) is 1. The fourth-order valence-corrected chi connectivity index (χ4v) is 4.23. The van der Waals surface area contributed by atoms with Crippen LogP contribution in [-0.2, 0) is 4.79 Å². The zero-order chi connectivity index (χ0) is 24.3. The summed E-state index contributed by atoms with van der Waals surface area (Å²) in [6, 6.07) is 5.41. The summed E-state index contributed by atoms with van der Waals surface area (Å²) in [5.41, 5.74) is 1.34. The van der Waals surface area contributed by atoms with Crippen molar-refractivity contribution in [3.05, 3.63) is 42.6 Å². The maximum Gasteiger partial charge on any atom is 0.406 e. The van der Waals surface area contributed by atoms with Crippen molar-refractivity contribution in [2.45, 2.75) is 31.5 Å². The minimum atomic E-state index is -4.54. The summed E-state index contributed by atoms with van der Waals surface area (Å²) in [5.74, 6) is 0.475. The summed E-state index contributed by atoms with van der Waals surface area (Å²) in [6.07, 6.45) is 1.23. The monoisotopic (exact) mass is 473 g/mol. The summed E-state index contributed by atoms with van der Waals surface area (Å²) >= 11 is 0. The molecule has 1 spiro atoms. The van der Waals surface area contributed by atoms with E-state index in [1.165, 1.54) is 6.20 Å². The van der Waals surface area contributed by atoms with Crippen LogP contribution in [-0.4, -0.2) is 57.8 Å². The number of nitrogens with zero attached hydrogens (tertiary/aromatic N) is 6. The highest BCUT2D eigenvalue weighted by atomic mass is 19.4. The van der Waals surface area contributed by atoms with Gasteiger partial charge in [-0.1, -0.05) is 0 Å². The molecule has 1 aromatic carbocycles. The van der Waals surface area contributed by atoms with Gasteiger partial charge in [-0.05, 0) is 31.9 Å². The Morgan fingerprint density at radius 1 is 1.21 bits per heavy atom. The molecular formula is C22H22F3N7O2. The molecule has 0 radical (unpaired) electrons. The minimum absolute atomic E-state index is 0.0382. The molecule has 5 rings (SSSR count). The quantitative estimate of drug-likeness (QED) is 0.606. The van der Waals surface area contributed by atoms with Crippen molar-refractivity contribution >= 4 is 29.0 Å². The number of benzene rings is 1. The number of aromatic nitrogens is 4. The molecule has 0 saturated heterocycles. The van der Waals surface area contributed by atoms with Gasteiger partial charge in [0.2, 0.25) is 5.95 Å². The Morgan fingerprint density at radius 3 is 2.59 bits per heavy atom. The lowest BCUT2D eigenvalue weighted by Gasteiger charge is -2.40. The number of methoxy groups -OCH3 is 1. The predicted octanol–water partition coefficient (Wildman–Crippen LogP) is 3.60. The Labute approximate surface area is 193 Å². The second-order valence-electron chi connectivity index (χ2n) is 8.43. The number of anilines is 4. The smallest absolute Gasteiger partial charge is 0.406 e. The summed E-state index contributed by atoms with van der Waals surface area (Å²) < 4.78 is 46.9. The molecule has 178 valence electrons. The van der Waals surface area contributed by atoms with Crippen LogP contribution in [0.2, 0.25) is 0 Å². The molecule has 1 fully saturated rings. The van der Waals surface area contributed by atoms with E-state index in [0.29, 0.717) is 24.3 Å². The van der Waals surface area contributed by atoms with E-state index in [1.807, 2.05) is 29.8 Å². The lowest BCUT2D eigenvalue weighted by molar-refractivity contribution is -0.134. The highest BCUT2D eigenvalue weighted by Gasteiger charge is 2.60. The number of aryl methyl sites for hydroxylation is 1. The van der Waals surface area contributed by atoms with E-state index in [2.05, 4.69) is 20.3 Å². The molecule has 1 N–H and O–H groups in total. The molecule has 34 heavy (non-hydrogen) atoms. The Morgan fingerprint density at radius 2 is 1.97 bits per heavy atom. The number of fused-ring (bicyclic) bond motifs is 1. The summed E-state index contributed by atoms with van der Waals surface area (Å²) in [5, 5.41) is 3.08. The first kappa shape index (κ1) is 22.0. The molecule has 9 nitrogen and oxygen atoms in total. The molecule has 2 aromatic heterocycles. The number of carbonyl (C=O) groups excluding carboxylic acids is 1. The highest BCUT2D eigenvalue weighted by molar-refractivity contribution is 6.09. The van der Waals surface area contributed by atoms with Crippen LogP contribution in [0.4, 0.5) is 36.3 Å². The zero-order valence-corrected chi connectivity index (χ0v) is 18.7. The Kier molecular flexibility index (Phi) is 4.92. The molecule has 2 aliphatic rings. The first-order valence-electron chi connectivity index (χ1n) is 10.6. The fraction of sp³-hybridized carbons (Fsp3) is 0.364. The van der Waals surface area contributed by atoms with Crippen LogP contribution >= 0.6 is 0 Å². The molecule has 0 bridgehead atoms. The number of halogens is 3. The number of alkyl halides is 3. The van der Waals surface area contributed by atoms with Crippen molar-refractivity contribution in [1.82, 2.24) is 19.5 Å². The van der Waals surface area contributed by atoms with E-state index >= 15 is 0 Å². The van der Waals surface area contributed by atoms with Gasteiger partial charge in [0.25, 0.3) is 5.91 Å². The number of likely N-dealkylation sites (N-methyl/N-ethyl adjacent to an activating group) is 1. The molecule has 0 unspecified atom stereocenters. The average molecular weight is 473 g/mol. The van der Waals surface area contributed by atoms with Gasteiger partial charge in [0.15, 0.2) is 5.82 Å². The van der Waals surface area contributed by atoms with E-state index < -0.39 is 24.2 Å². The largest absolute Gasteiger partial charge is 0.494 e. The second kappa shape index (κ2) is 7.61. The number of ether oxygens (including phenoxy) is 1. The normalized spacial score (nSPS) is 16.6. The van der Waals surface area contributed by atoms with Crippen LogP contribution in [0.1, 0.15) is 18.5 Å². The number of nitrogens with one attached hydrogen (secondary N) is 1. The first-order chi connectivity index (χ1) is 16.1. The van der Waals surface area contributed by atoms with Gasteiger partial charge in [-0.25, -0.2) is 9.97 Å². The highest BCUT2D eigenvalue weighted by Crippen LogP contribution is 2.51. The lowest BCUT2D eigenvalue weighted by atomic mass is 10.1. The van der Waals surface area contributed by atoms with E-state index in [-0.39, 0.29) is 17.5 Å². The molecule has 12 heteroatoms. The van der Waals surface area contributed by atoms with Crippen molar-refractivity contribution in [2.24, 2.45) is 0 Å². The maximum atomic E-state index is 13.2. The van der Waals surface area contributed by atoms with Gasteiger partial charge in [0, 0.05) is 25.0 Å². The zero-order valence-electron chi connectivity index (χ0n) is 18.7. The standard InChI is InChI=1S/C22H22F3N7O2/c1-13-10-31(12-27-13)15-5-4-14(8-17(15)34-3)28-20-26-9-16-18(29-20)30(2)21(6-7-21)19(33)32(16)11-22(23,24)25/h4-5,8-10,12H,6-7,11H2,1-3H3,(H,26,28,29). The summed E-state index contributed by atoms with van der Waals surface area (Å²) in [4.78, 5) is 28.1. The molecular weight excluding hydrogens is 451 g/mol. The molecule has 1 amide bonds. The first-order valence-corrected chi connectivity index (χ1v) is 10.6. The van der Waals surface area contributed by atoms with Gasteiger partial charge >= 0.3 is 6.18 Å². The van der Waals surface area contributed by atoms with Gasteiger partial charge in [-0.15, -0.1) is 0 Å². The van der Waals surface area contributed by atoms with Crippen molar-refractivity contribution < 1.29 is 22.7 Å². The van der Waals surface area contributed by atoms with Gasteiger partial charge in [-0.3, -0.25) is 9.69 Å². The number of hydrogen-bond acceptors (Lipinski definition) is 7. The van der Waals surface area contributed by atoms with Crippen LogP contribution in [0.5, 0.6) is 5.75 Å². The SMILES string of the molecule is COc1cc(Nc2ncc3c(n2)N(C)C2(CC2)C(=O)N3CC(F)(F)F)ccc1-n1cnc(C)c1. The maximum absolute atomic E-state index is 13.2. The van der Waals surface area contributed by atoms with E-state index in [1.54, 1.807) is 31.5 Å². The van der Waals surface area contributed by atoms with Crippen LogP contribution in [0.25, 0.3) is 5.69 Å². The number of imidazole rings is 1. The van der Waals surface area contributed by atoms with Crippen molar-refractivity contribution in [2.75, 3.05) is 35.8 Å². The minimum Gasteiger partial charge on any atom is -0.494 e. The molecule has 1 aliphatic carbocycles. The van der Waals surface area contributed by atoms with Crippen LogP contribution in [0.15, 0.2) is 36.9 Å². The van der Waals surface area contributed by atoms with Gasteiger partial charge in [0.1, 0.15) is 23.5 Å². The van der Waals surface area contributed by atoms with Crippen molar-refractivity contribution in [3.8, 4) is 11.4 Å². The van der Waals surface area contributed by atoms with Gasteiger partial charge in [0.05, 0.1) is 31.0 Å². The lowest BCUT2D eigenvalue weighted by Crippen LogP contribution is -2.56. The summed E-state index contributed by atoms with van der Waals surface area (Å²) in [6.45, 7) is 0.509. The van der Waals surface area contributed by atoms with Gasteiger partial charge in [-0.2, -0.15) is 18.2 Å². The third kappa shape index (κ3) is 3.68. The molecule has 1 saturated carbocycles. The topological polar surface area (TPSA) is 88.4 Å². The predicted molar refractivity (Wildman–Crippen MR) is 119 cm³/mol. The van der Waals surface area contributed by atoms with E-state index in [4.69, 9.17) is 4.74 Å². The van der Waals surface area contributed by atoms with Gasteiger partial charge < -0.3 is 19.5 Å². The third-order valence-corrected chi connectivity index (χ3v) is 6.13. The van der Waals surface area contributed by atoms with Crippen molar-refractivity contribution in [3.63, 3.8) is 0 Å². The Balaban J connectivity index is 1.47. The van der Waals surface area contributed by atoms with Crippen LogP contribution < -0.4 is 19.9 Å². The molecule has 3 heterocycles. The molecule has 0 atom stereocenters. The fourth-order valence-electron chi connectivity index (χ4n) is 4.23. The second-order valence-corrected chi connectivity index (χ2v) is 8.43. The van der Waals surface area contributed by atoms with Crippen LogP contribution in [0, 0.1) is 6.92 Å².